The van der Waals surface area contributed by atoms with E-state index in [-0.39, 0.29) is 29.9 Å². The van der Waals surface area contributed by atoms with E-state index in [1.54, 1.807) is 18.2 Å². The lowest BCUT2D eigenvalue weighted by Crippen LogP contribution is -2.34. The summed E-state index contributed by atoms with van der Waals surface area (Å²) in [4.78, 5) is 28.7. The van der Waals surface area contributed by atoms with Crippen molar-refractivity contribution in [3.05, 3.63) is 34.8 Å². The molecular weight excluding hydrogens is 378 g/mol. The second-order valence-corrected chi connectivity index (χ2v) is 8.48. The van der Waals surface area contributed by atoms with E-state index in [0.717, 1.165) is 5.69 Å². The van der Waals surface area contributed by atoms with Crippen molar-refractivity contribution in [3.63, 3.8) is 0 Å². The summed E-state index contributed by atoms with van der Waals surface area (Å²) in [5, 5.41) is 8.03. The summed E-state index contributed by atoms with van der Waals surface area (Å²) in [5.74, 6) is 0.247. The van der Waals surface area contributed by atoms with E-state index in [1.165, 1.54) is 18.4 Å². The largest absolute Gasteiger partial charge is 0.493 e. The van der Waals surface area contributed by atoms with Crippen molar-refractivity contribution in [3.8, 4) is 11.5 Å². The van der Waals surface area contributed by atoms with Crippen LogP contribution in [0.25, 0.3) is 0 Å². The molecule has 0 fully saturated rings. The number of methoxy groups -OCH3 is 1. The normalized spacial score (nSPS) is 11.2. The number of nitrogens with one attached hydrogen (secondary N) is 2. The lowest BCUT2D eigenvalue weighted by atomic mass is 9.93. The van der Waals surface area contributed by atoms with Gasteiger partial charge in [0.25, 0.3) is 11.8 Å². The van der Waals surface area contributed by atoms with Crippen molar-refractivity contribution >= 4 is 28.3 Å². The molecule has 0 atom stereocenters. The quantitative estimate of drug-likeness (QED) is 0.735. The Bertz CT molecular complexity index is 840. The molecule has 28 heavy (non-hydrogen) atoms. The second kappa shape index (κ2) is 9.05. The van der Waals surface area contributed by atoms with E-state index in [1.807, 2.05) is 19.2 Å². The molecule has 0 saturated heterocycles. The van der Waals surface area contributed by atoms with Gasteiger partial charge in [0.05, 0.1) is 12.8 Å². The first-order valence-electron chi connectivity index (χ1n) is 8.97. The number of thiazole rings is 1. The molecule has 0 saturated carbocycles. The summed E-state index contributed by atoms with van der Waals surface area (Å²) in [5.41, 5.74) is 1.25. The predicted molar refractivity (Wildman–Crippen MR) is 111 cm³/mol. The molecule has 2 amide bonds. The zero-order valence-corrected chi connectivity index (χ0v) is 17.9. The first kappa shape index (κ1) is 21.7. The first-order chi connectivity index (χ1) is 13.1. The molecular formula is C20H27N3O4S. The maximum Gasteiger partial charge on any atom is 0.258 e. The molecule has 8 heteroatoms. The van der Waals surface area contributed by atoms with Crippen molar-refractivity contribution in [1.82, 2.24) is 10.3 Å². The number of carbonyl (C=O) groups is 2. The molecule has 7 nitrogen and oxygen atoms in total. The molecule has 0 radical (unpaired) electrons. The number of anilines is 1. The van der Waals surface area contributed by atoms with Crippen molar-refractivity contribution in [2.45, 2.75) is 46.1 Å². The summed E-state index contributed by atoms with van der Waals surface area (Å²) in [6, 6.07) is 4.84. The molecule has 2 N–H and O–H groups in total. The summed E-state index contributed by atoms with van der Waals surface area (Å²) in [7, 11) is 1.48. The monoisotopic (exact) mass is 405 g/mol. The molecule has 152 valence electrons. The Morgan fingerprint density at radius 2 is 1.93 bits per heavy atom. The third-order valence-corrected chi connectivity index (χ3v) is 4.49. The fourth-order valence-corrected chi connectivity index (χ4v) is 3.21. The number of aromatic nitrogens is 1. The van der Waals surface area contributed by atoms with Gasteiger partial charge in [-0.1, -0.05) is 20.8 Å². The maximum absolute atomic E-state index is 12.5. The van der Waals surface area contributed by atoms with Gasteiger partial charge in [0, 0.05) is 22.4 Å². The van der Waals surface area contributed by atoms with Crippen molar-refractivity contribution in [2.75, 3.05) is 19.0 Å². The Hall–Kier alpha value is -2.61. The Morgan fingerprint density at radius 1 is 1.21 bits per heavy atom. The topological polar surface area (TPSA) is 89.6 Å². The fourth-order valence-electron chi connectivity index (χ4n) is 2.28. The molecule has 0 aliphatic heterocycles. The molecule has 0 bridgehead atoms. The van der Waals surface area contributed by atoms with E-state index < -0.39 is 0 Å². The smallest absolute Gasteiger partial charge is 0.258 e. The highest BCUT2D eigenvalue weighted by Crippen LogP contribution is 2.29. The summed E-state index contributed by atoms with van der Waals surface area (Å²) >= 11 is 1.39. The van der Waals surface area contributed by atoms with Gasteiger partial charge in [0.2, 0.25) is 0 Å². The average molecular weight is 406 g/mol. The zero-order chi connectivity index (χ0) is 20.9. The first-order valence-corrected chi connectivity index (χ1v) is 9.85. The lowest BCUT2D eigenvalue weighted by molar-refractivity contribution is -0.123. The standard InChI is InChI=1S/C20H27N3O4S/c1-12(2)21-17(24)10-27-14-8-7-13(9-15(14)26-6)18(25)23-19-22-16(11-28-19)20(3,4)5/h7-9,11-12H,10H2,1-6H3,(H,21,24)(H,22,23,25). The number of amides is 2. The molecule has 2 aromatic rings. The maximum atomic E-state index is 12.5. The van der Waals surface area contributed by atoms with Crippen LogP contribution < -0.4 is 20.1 Å². The Labute approximate surface area is 169 Å². The van der Waals surface area contributed by atoms with Gasteiger partial charge in [-0.3, -0.25) is 14.9 Å². The van der Waals surface area contributed by atoms with Crippen LogP contribution in [0.2, 0.25) is 0 Å². The van der Waals surface area contributed by atoms with Crippen LogP contribution in [0.5, 0.6) is 11.5 Å². The van der Waals surface area contributed by atoms with Gasteiger partial charge in [-0.2, -0.15) is 0 Å². The van der Waals surface area contributed by atoms with Crippen molar-refractivity contribution in [2.24, 2.45) is 0 Å². The van der Waals surface area contributed by atoms with Gasteiger partial charge >= 0.3 is 0 Å². The van der Waals surface area contributed by atoms with Gasteiger partial charge in [0.1, 0.15) is 0 Å². The zero-order valence-electron chi connectivity index (χ0n) is 17.1. The van der Waals surface area contributed by atoms with Crippen LogP contribution in [0.4, 0.5) is 5.13 Å². The molecule has 0 aliphatic carbocycles. The van der Waals surface area contributed by atoms with Crippen LogP contribution in [-0.4, -0.2) is 36.6 Å². The molecule has 1 aromatic carbocycles. The number of hydrogen-bond acceptors (Lipinski definition) is 6. The Morgan fingerprint density at radius 3 is 2.50 bits per heavy atom. The Kier molecular flexibility index (Phi) is 7.01. The van der Waals surface area contributed by atoms with Crippen LogP contribution in [0.3, 0.4) is 0 Å². The summed E-state index contributed by atoms with van der Waals surface area (Å²) < 4.78 is 10.8. The predicted octanol–water partition coefficient (Wildman–Crippen LogP) is 3.60. The Balaban J connectivity index is 2.06. The number of hydrogen-bond donors (Lipinski definition) is 2. The number of ether oxygens (including phenoxy) is 2. The van der Waals surface area contributed by atoms with E-state index in [2.05, 4.69) is 36.4 Å². The van der Waals surface area contributed by atoms with Gasteiger partial charge in [-0.25, -0.2) is 4.98 Å². The SMILES string of the molecule is COc1cc(C(=O)Nc2nc(C(C)(C)C)cs2)ccc1OCC(=O)NC(C)C. The molecule has 1 heterocycles. The minimum absolute atomic E-state index is 0.0359. The highest BCUT2D eigenvalue weighted by Gasteiger charge is 2.19. The van der Waals surface area contributed by atoms with E-state index in [0.29, 0.717) is 22.2 Å². The van der Waals surface area contributed by atoms with Gasteiger partial charge in [-0.05, 0) is 32.0 Å². The number of benzene rings is 1. The van der Waals surface area contributed by atoms with Crippen LogP contribution in [-0.2, 0) is 10.2 Å². The molecule has 0 unspecified atom stereocenters. The van der Waals surface area contributed by atoms with Crippen LogP contribution in [0, 0.1) is 0 Å². The number of nitrogens with zero attached hydrogens (tertiary/aromatic N) is 1. The van der Waals surface area contributed by atoms with Gasteiger partial charge in [0.15, 0.2) is 23.2 Å². The van der Waals surface area contributed by atoms with Gasteiger partial charge in [-0.15, -0.1) is 11.3 Å². The highest BCUT2D eigenvalue weighted by atomic mass is 32.1. The van der Waals surface area contributed by atoms with Gasteiger partial charge < -0.3 is 14.8 Å². The second-order valence-electron chi connectivity index (χ2n) is 7.62. The third kappa shape index (κ3) is 5.95. The van der Waals surface area contributed by atoms with E-state index in [9.17, 15) is 9.59 Å². The molecule has 0 spiro atoms. The molecule has 1 aromatic heterocycles. The van der Waals surface area contributed by atoms with Crippen molar-refractivity contribution in [1.29, 1.82) is 0 Å². The average Bonchev–Trinajstić information content (AvgIpc) is 3.08. The van der Waals surface area contributed by atoms with Crippen LogP contribution >= 0.6 is 11.3 Å². The molecule has 2 rings (SSSR count). The summed E-state index contributed by atoms with van der Waals surface area (Å²) in [6.07, 6.45) is 0. The van der Waals surface area contributed by atoms with Crippen LogP contribution in [0.1, 0.15) is 50.7 Å². The minimum atomic E-state index is -0.294. The lowest BCUT2D eigenvalue weighted by Gasteiger charge is -2.14. The minimum Gasteiger partial charge on any atom is -0.493 e. The summed E-state index contributed by atoms with van der Waals surface area (Å²) in [6.45, 7) is 9.82. The highest BCUT2D eigenvalue weighted by molar-refractivity contribution is 7.14. The number of carbonyl (C=O) groups excluding carboxylic acids is 2. The van der Waals surface area contributed by atoms with Crippen LogP contribution in [0.15, 0.2) is 23.6 Å². The number of rotatable bonds is 7. The fraction of sp³-hybridized carbons (Fsp3) is 0.450. The van der Waals surface area contributed by atoms with E-state index in [4.69, 9.17) is 9.47 Å². The van der Waals surface area contributed by atoms with Crippen molar-refractivity contribution < 1.29 is 19.1 Å². The third-order valence-electron chi connectivity index (χ3n) is 3.73. The molecule has 0 aliphatic rings. The van der Waals surface area contributed by atoms with E-state index >= 15 is 0 Å².